The molecular weight excluding hydrogens is 314 g/mol. The maximum atomic E-state index is 5.20. The Balaban J connectivity index is 1.88. The summed E-state index contributed by atoms with van der Waals surface area (Å²) in [4.78, 5) is 0. The van der Waals surface area contributed by atoms with E-state index in [9.17, 15) is 0 Å². The highest BCUT2D eigenvalue weighted by atomic mass is 79.9. The summed E-state index contributed by atoms with van der Waals surface area (Å²) in [5, 5.41) is 3.87. The van der Waals surface area contributed by atoms with Crippen LogP contribution in [-0.2, 0) is 11.5 Å². The van der Waals surface area contributed by atoms with Gasteiger partial charge in [0.1, 0.15) is 11.5 Å². The molecular formula is C13H14BrNO2S. The third kappa shape index (κ3) is 3.53. The molecule has 2 aromatic rings. The van der Waals surface area contributed by atoms with Crippen LogP contribution < -0.4 is 4.74 Å². The molecule has 0 spiro atoms. The van der Waals surface area contributed by atoms with Crippen LogP contribution in [-0.4, -0.2) is 12.3 Å². The molecule has 0 unspecified atom stereocenters. The van der Waals surface area contributed by atoms with Crippen LogP contribution in [0.15, 0.2) is 33.3 Å². The predicted octanol–water partition coefficient (Wildman–Crippen LogP) is 4.19. The highest BCUT2D eigenvalue weighted by Gasteiger charge is 2.04. The van der Waals surface area contributed by atoms with Gasteiger partial charge < -0.3 is 9.26 Å². The minimum atomic E-state index is 0.838. The summed E-state index contributed by atoms with van der Waals surface area (Å²) in [6.45, 7) is 1.93. The van der Waals surface area contributed by atoms with Crippen molar-refractivity contribution in [3.05, 3.63) is 45.8 Å². The zero-order chi connectivity index (χ0) is 13.0. The van der Waals surface area contributed by atoms with Gasteiger partial charge in [0.05, 0.1) is 23.0 Å². The van der Waals surface area contributed by atoms with Gasteiger partial charge in [-0.25, -0.2) is 0 Å². The fourth-order valence-corrected chi connectivity index (χ4v) is 3.00. The van der Waals surface area contributed by atoms with Crippen LogP contribution in [0.3, 0.4) is 0 Å². The van der Waals surface area contributed by atoms with Crippen LogP contribution >= 0.6 is 27.7 Å². The summed E-state index contributed by atoms with van der Waals surface area (Å²) in [7, 11) is 1.67. The maximum Gasteiger partial charge on any atom is 0.146 e. The zero-order valence-corrected chi connectivity index (χ0v) is 12.7. The number of methoxy groups -OCH3 is 1. The molecule has 3 nitrogen and oxygen atoms in total. The van der Waals surface area contributed by atoms with E-state index in [1.54, 1.807) is 18.9 Å². The molecule has 0 fully saturated rings. The lowest BCUT2D eigenvalue weighted by Crippen LogP contribution is -1.87. The topological polar surface area (TPSA) is 35.3 Å². The fourth-order valence-electron chi connectivity index (χ4n) is 1.55. The van der Waals surface area contributed by atoms with Crippen molar-refractivity contribution in [1.29, 1.82) is 0 Å². The molecule has 0 aliphatic carbocycles. The molecule has 0 aliphatic heterocycles. The summed E-state index contributed by atoms with van der Waals surface area (Å²) in [5.41, 5.74) is 2.18. The smallest absolute Gasteiger partial charge is 0.146 e. The highest BCUT2D eigenvalue weighted by molar-refractivity contribution is 9.10. The first kappa shape index (κ1) is 13.5. The second-order valence-corrected chi connectivity index (χ2v) is 5.74. The summed E-state index contributed by atoms with van der Waals surface area (Å²) in [5.74, 6) is 3.55. The van der Waals surface area contributed by atoms with Gasteiger partial charge in [-0.15, -0.1) is 11.8 Å². The van der Waals surface area contributed by atoms with Crippen LogP contribution in [0.4, 0.5) is 0 Å². The first-order valence-electron chi connectivity index (χ1n) is 5.51. The molecule has 0 atom stereocenters. The zero-order valence-electron chi connectivity index (χ0n) is 10.3. The molecule has 1 heterocycles. The third-order valence-electron chi connectivity index (χ3n) is 2.41. The largest absolute Gasteiger partial charge is 0.496 e. The van der Waals surface area contributed by atoms with Crippen molar-refractivity contribution in [3.63, 3.8) is 0 Å². The van der Waals surface area contributed by atoms with Crippen molar-refractivity contribution in [1.82, 2.24) is 5.16 Å². The van der Waals surface area contributed by atoms with Crippen molar-refractivity contribution in [2.24, 2.45) is 0 Å². The van der Waals surface area contributed by atoms with E-state index in [0.717, 1.165) is 33.2 Å². The average molecular weight is 328 g/mol. The van der Waals surface area contributed by atoms with Crippen LogP contribution in [0.25, 0.3) is 0 Å². The van der Waals surface area contributed by atoms with Crippen molar-refractivity contribution in [3.8, 4) is 5.75 Å². The lowest BCUT2D eigenvalue weighted by molar-refractivity contribution is 0.391. The average Bonchev–Trinajstić information content (AvgIpc) is 2.75. The number of hydrogen-bond acceptors (Lipinski definition) is 4. The van der Waals surface area contributed by atoms with Gasteiger partial charge in [0.15, 0.2) is 0 Å². The number of ether oxygens (including phenoxy) is 1. The molecule has 2 rings (SSSR count). The van der Waals surface area contributed by atoms with E-state index in [0.29, 0.717) is 0 Å². The van der Waals surface area contributed by atoms with Gasteiger partial charge in [-0.1, -0.05) is 11.2 Å². The lowest BCUT2D eigenvalue weighted by atomic mass is 10.2. The lowest BCUT2D eigenvalue weighted by Gasteiger charge is -2.05. The van der Waals surface area contributed by atoms with Crippen molar-refractivity contribution >= 4 is 27.7 Å². The molecule has 1 aromatic heterocycles. The first-order chi connectivity index (χ1) is 8.69. The number of aromatic nitrogens is 1. The summed E-state index contributed by atoms with van der Waals surface area (Å²) in [6.07, 6.45) is 0. The second kappa shape index (κ2) is 6.29. The van der Waals surface area contributed by atoms with Crippen molar-refractivity contribution in [2.45, 2.75) is 18.4 Å². The first-order valence-corrected chi connectivity index (χ1v) is 7.46. The number of halogens is 1. The van der Waals surface area contributed by atoms with Gasteiger partial charge in [-0.2, -0.15) is 0 Å². The van der Waals surface area contributed by atoms with Gasteiger partial charge in [0, 0.05) is 11.8 Å². The Kier molecular flexibility index (Phi) is 4.72. The number of hydrogen-bond donors (Lipinski definition) is 0. The van der Waals surface area contributed by atoms with Crippen LogP contribution in [0.2, 0.25) is 0 Å². The van der Waals surface area contributed by atoms with Gasteiger partial charge in [-0.3, -0.25) is 0 Å². The number of thioether (sulfide) groups is 1. The molecule has 18 heavy (non-hydrogen) atoms. The van der Waals surface area contributed by atoms with Crippen molar-refractivity contribution in [2.75, 3.05) is 7.11 Å². The molecule has 0 saturated carbocycles. The van der Waals surface area contributed by atoms with E-state index in [1.165, 1.54) is 5.56 Å². The molecule has 0 aliphatic rings. The Morgan fingerprint density at radius 1 is 1.33 bits per heavy atom. The highest BCUT2D eigenvalue weighted by Crippen LogP contribution is 2.27. The number of benzene rings is 1. The Labute approximate surface area is 119 Å². The standard InChI is InChI=1S/C13H14BrNO2S/c1-9-5-11(17-15-9)8-18-7-10-3-4-13(16-2)12(14)6-10/h3-6H,7-8H2,1-2H3. The molecule has 96 valence electrons. The third-order valence-corrected chi connectivity index (χ3v) is 4.05. The Bertz CT molecular complexity index is 527. The van der Waals surface area contributed by atoms with E-state index in [-0.39, 0.29) is 0 Å². The minimum absolute atomic E-state index is 0.838. The summed E-state index contributed by atoms with van der Waals surface area (Å²) < 4.78 is 11.3. The van der Waals surface area contributed by atoms with E-state index >= 15 is 0 Å². The predicted molar refractivity (Wildman–Crippen MR) is 76.9 cm³/mol. The van der Waals surface area contributed by atoms with Crippen LogP contribution in [0, 0.1) is 6.92 Å². The number of nitrogens with zero attached hydrogens (tertiary/aromatic N) is 1. The molecule has 0 saturated heterocycles. The van der Waals surface area contributed by atoms with Crippen LogP contribution in [0.5, 0.6) is 5.75 Å². The van der Waals surface area contributed by atoms with E-state index in [2.05, 4.69) is 33.2 Å². The maximum absolute atomic E-state index is 5.20. The number of aryl methyl sites for hydroxylation is 1. The van der Waals surface area contributed by atoms with Gasteiger partial charge in [0.25, 0.3) is 0 Å². The van der Waals surface area contributed by atoms with Gasteiger partial charge in [-0.05, 0) is 40.5 Å². The van der Waals surface area contributed by atoms with Gasteiger partial charge >= 0.3 is 0 Å². The second-order valence-electron chi connectivity index (χ2n) is 3.90. The molecule has 0 bridgehead atoms. The normalized spacial score (nSPS) is 10.6. The summed E-state index contributed by atoms with van der Waals surface area (Å²) in [6, 6.07) is 8.09. The van der Waals surface area contributed by atoms with E-state index in [4.69, 9.17) is 9.26 Å². The quantitative estimate of drug-likeness (QED) is 0.824. The fraction of sp³-hybridized carbons (Fsp3) is 0.308. The van der Waals surface area contributed by atoms with E-state index in [1.807, 2.05) is 19.1 Å². The monoisotopic (exact) mass is 327 g/mol. The van der Waals surface area contributed by atoms with Crippen molar-refractivity contribution < 1.29 is 9.26 Å². The Morgan fingerprint density at radius 2 is 2.17 bits per heavy atom. The molecule has 1 aromatic carbocycles. The molecule has 5 heteroatoms. The van der Waals surface area contributed by atoms with Gasteiger partial charge in [0.2, 0.25) is 0 Å². The SMILES string of the molecule is COc1ccc(CSCc2cc(C)no2)cc1Br. The summed E-state index contributed by atoms with van der Waals surface area (Å²) >= 11 is 5.28. The van der Waals surface area contributed by atoms with E-state index < -0.39 is 0 Å². The number of rotatable bonds is 5. The van der Waals surface area contributed by atoms with Crippen LogP contribution in [0.1, 0.15) is 17.0 Å². The minimum Gasteiger partial charge on any atom is -0.496 e. The Morgan fingerprint density at radius 3 is 2.78 bits per heavy atom. The Hall–Kier alpha value is -0.940. The molecule has 0 N–H and O–H groups in total. The molecule has 0 radical (unpaired) electrons. The molecule has 0 amide bonds.